The van der Waals surface area contributed by atoms with Gasteiger partial charge in [-0.2, -0.15) is 0 Å². The molecule has 1 aromatic heterocycles. The smallest absolute Gasteiger partial charge is 0.412 e. The largest absolute Gasteiger partial charge is 0.480 e. The summed E-state index contributed by atoms with van der Waals surface area (Å²) in [6.45, 7) is 2.28. The van der Waals surface area contributed by atoms with Crippen molar-refractivity contribution < 1.29 is 28.9 Å². The number of carboxylic acids is 1. The maximum atomic E-state index is 13.1. The molecule has 10 heteroatoms. The first-order valence-electron chi connectivity index (χ1n) is 11.4. The van der Waals surface area contributed by atoms with E-state index < -0.39 is 24.0 Å². The van der Waals surface area contributed by atoms with Crippen LogP contribution in [0.2, 0.25) is 0 Å². The van der Waals surface area contributed by atoms with Gasteiger partial charge in [-0.25, -0.2) is 14.2 Å². The third-order valence-corrected chi connectivity index (χ3v) is 6.62. The molecule has 0 bridgehead atoms. The van der Waals surface area contributed by atoms with Crippen LogP contribution in [0.5, 0.6) is 0 Å². The summed E-state index contributed by atoms with van der Waals surface area (Å²) < 4.78 is 10.2. The predicted octanol–water partition coefficient (Wildman–Crippen LogP) is 3.76. The van der Waals surface area contributed by atoms with Crippen molar-refractivity contribution in [2.75, 3.05) is 18.5 Å². The third-order valence-electron chi connectivity index (χ3n) is 6.62. The van der Waals surface area contributed by atoms with Crippen molar-refractivity contribution in [2.45, 2.75) is 31.7 Å². The number of anilines is 1. The van der Waals surface area contributed by atoms with Crippen LogP contribution in [-0.4, -0.2) is 57.5 Å². The van der Waals surface area contributed by atoms with Gasteiger partial charge in [-0.05, 0) is 51.3 Å². The highest BCUT2D eigenvalue weighted by molar-refractivity contribution is 6.01. The molecule has 0 saturated carbocycles. The van der Waals surface area contributed by atoms with E-state index in [-0.39, 0.29) is 36.5 Å². The molecule has 3 aromatic rings. The molecule has 1 aliphatic carbocycles. The summed E-state index contributed by atoms with van der Waals surface area (Å²) in [5.41, 5.74) is 4.08. The van der Waals surface area contributed by atoms with E-state index in [1.807, 2.05) is 55.5 Å². The van der Waals surface area contributed by atoms with Gasteiger partial charge in [-0.1, -0.05) is 55.5 Å². The third kappa shape index (κ3) is 4.23. The van der Waals surface area contributed by atoms with Crippen LogP contribution < -0.4 is 5.32 Å². The van der Waals surface area contributed by atoms with Gasteiger partial charge >= 0.3 is 12.1 Å². The lowest BCUT2D eigenvalue weighted by Crippen LogP contribution is -2.50. The fourth-order valence-corrected chi connectivity index (χ4v) is 4.91. The fourth-order valence-electron chi connectivity index (χ4n) is 4.91. The number of carbonyl (C=O) groups is 3. The van der Waals surface area contributed by atoms with Crippen molar-refractivity contribution in [3.05, 3.63) is 65.4 Å². The minimum absolute atomic E-state index is 0.0825. The molecule has 1 aliphatic heterocycles. The van der Waals surface area contributed by atoms with E-state index in [1.54, 1.807) is 0 Å². The number of fused-ring (bicyclic) bond motifs is 3. The number of amides is 2. The summed E-state index contributed by atoms with van der Waals surface area (Å²) in [5, 5.41) is 19.2. The Balaban J connectivity index is 1.28. The number of ether oxygens (including phenoxy) is 1. The minimum atomic E-state index is -1.09. The Hall–Kier alpha value is -4.21. The highest BCUT2D eigenvalue weighted by Crippen LogP contribution is 2.44. The van der Waals surface area contributed by atoms with Gasteiger partial charge in [0.05, 0.1) is 0 Å². The van der Waals surface area contributed by atoms with Crippen LogP contribution in [0.1, 0.15) is 47.3 Å². The second-order valence-electron chi connectivity index (χ2n) is 8.91. The van der Waals surface area contributed by atoms with Crippen molar-refractivity contribution in [3.8, 4) is 11.1 Å². The molecule has 0 radical (unpaired) electrons. The van der Waals surface area contributed by atoms with E-state index >= 15 is 0 Å². The van der Waals surface area contributed by atoms with Gasteiger partial charge in [-0.3, -0.25) is 10.1 Å². The Morgan fingerprint density at radius 1 is 1.06 bits per heavy atom. The Morgan fingerprint density at radius 2 is 1.71 bits per heavy atom. The zero-order chi connectivity index (χ0) is 24.5. The van der Waals surface area contributed by atoms with Crippen molar-refractivity contribution in [3.63, 3.8) is 0 Å². The average molecular weight is 476 g/mol. The Bertz CT molecular complexity index is 1240. The zero-order valence-electron chi connectivity index (χ0n) is 19.0. The number of hydrogen-bond donors (Lipinski definition) is 2. The second kappa shape index (κ2) is 9.21. The molecule has 2 N–H and O–H groups in total. The first-order chi connectivity index (χ1) is 16.9. The quantitative estimate of drug-likeness (QED) is 0.568. The zero-order valence-corrected chi connectivity index (χ0v) is 19.0. The Kier molecular flexibility index (Phi) is 5.94. The lowest BCUT2D eigenvalue weighted by atomic mass is 9.94. The topological polar surface area (TPSA) is 135 Å². The van der Waals surface area contributed by atoms with Crippen molar-refractivity contribution in [1.82, 2.24) is 15.2 Å². The van der Waals surface area contributed by atoms with Gasteiger partial charge in [0.2, 0.25) is 11.5 Å². The number of piperidine rings is 1. The van der Waals surface area contributed by atoms with Gasteiger partial charge in [-0.15, -0.1) is 0 Å². The molecule has 5 rings (SSSR count). The summed E-state index contributed by atoms with van der Waals surface area (Å²) in [6.07, 6.45) is 0.212. The molecule has 35 heavy (non-hydrogen) atoms. The number of nitrogens with zero attached hydrogens (tertiary/aromatic N) is 3. The van der Waals surface area contributed by atoms with E-state index in [4.69, 9.17) is 4.74 Å². The van der Waals surface area contributed by atoms with Crippen LogP contribution >= 0.6 is 0 Å². The number of benzene rings is 2. The molecule has 1 fully saturated rings. The van der Waals surface area contributed by atoms with Crippen LogP contribution in [0.25, 0.3) is 11.1 Å². The summed E-state index contributed by atoms with van der Waals surface area (Å²) in [6, 6.07) is 15.0. The first-order valence-corrected chi connectivity index (χ1v) is 11.4. The fraction of sp³-hybridized carbons (Fsp3) is 0.320. The van der Waals surface area contributed by atoms with Crippen molar-refractivity contribution in [2.24, 2.45) is 5.92 Å². The molecule has 0 spiro atoms. The predicted molar refractivity (Wildman–Crippen MR) is 124 cm³/mol. The number of rotatable bonds is 5. The lowest BCUT2D eigenvalue weighted by molar-refractivity contribution is -0.143. The van der Waals surface area contributed by atoms with Crippen LogP contribution in [-0.2, 0) is 9.53 Å². The highest BCUT2D eigenvalue weighted by atomic mass is 16.6. The van der Waals surface area contributed by atoms with Gasteiger partial charge in [0.25, 0.3) is 5.91 Å². The number of hydrogen-bond acceptors (Lipinski definition) is 7. The lowest BCUT2D eigenvalue weighted by Gasteiger charge is -2.35. The number of nitrogens with one attached hydrogen (secondary N) is 1. The highest BCUT2D eigenvalue weighted by Gasteiger charge is 2.38. The molecule has 2 heterocycles. The Labute approximate surface area is 200 Å². The maximum absolute atomic E-state index is 13.1. The molecule has 180 valence electrons. The normalized spacial score (nSPS) is 19.1. The van der Waals surface area contributed by atoms with Crippen LogP contribution in [0.3, 0.4) is 0 Å². The van der Waals surface area contributed by atoms with E-state index in [1.165, 1.54) is 4.90 Å². The number of carboxylic acid groups (broad SMARTS) is 1. The number of aliphatic carboxylic acids is 1. The van der Waals surface area contributed by atoms with E-state index in [9.17, 15) is 19.5 Å². The molecule has 1 saturated heterocycles. The number of aromatic nitrogens is 2. The van der Waals surface area contributed by atoms with Crippen molar-refractivity contribution >= 4 is 23.8 Å². The Morgan fingerprint density at radius 3 is 2.37 bits per heavy atom. The molecule has 2 aromatic carbocycles. The van der Waals surface area contributed by atoms with Crippen LogP contribution in [0, 0.1) is 5.92 Å². The summed E-state index contributed by atoms with van der Waals surface area (Å²) in [4.78, 5) is 38.6. The van der Waals surface area contributed by atoms with E-state index in [0.717, 1.165) is 22.3 Å². The molecular formula is C25H24N4O6. The minimum Gasteiger partial charge on any atom is -0.480 e. The molecule has 2 amide bonds. The van der Waals surface area contributed by atoms with Crippen LogP contribution in [0.4, 0.5) is 10.6 Å². The van der Waals surface area contributed by atoms with Gasteiger partial charge in [0.15, 0.2) is 0 Å². The van der Waals surface area contributed by atoms with Gasteiger partial charge in [0, 0.05) is 12.5 Å². The molecule has 2 atom stereocenters. The molecule has 2 unspecified atom stereocenters. The second-order valence-corrected chi connectivity index (χ2v) is 8.91. The molecule has 10 nitrogen and oxygen atoms in total. The molecular weight excluding hydrogens is 452 g/mol. The van der Waals surface area contributed by atoms with Crippen LogP contribution in [0.15, 0.2) is 53.2 Å². The average Bonchev–Trinajstić information content (AvgIpc) is 3.44. The summed E-state index contributed by atoms with van der Waals surface area (Å²) >= 11 is 0. The maximum Gasteiger partial charge on any atom is 0.412 e. The SMILES string of the molecule is CC1CCC(C(=O)O)N(C(=O)c2nonc2NC(=O)OCC2c3ccccc3-c3ccccc32)C1. The number of carbonyl (C=O) groups excluding carboxylic acids is 2. The molecule has 2 aliphatic rings. The van der Waals surface area contributed by atoms with Crippen molar-refractivity contribution in [1.29, 1.82) is 0 Å². The monoisotopic (exact) mass is 476 g/mol. The summed E-state index contributed by atoms with van der Waals surface area (Å²) in [7, 11) is 0. The van der Waals surface area contributed by atoms with Gasteiger partial charge in [0.1, 0.15) is 12.6 Å². The van der Waals surface area contributed by atoms with E-state index in [0.29, 0.717) is 12.8 Å². The number of likely N-dealkylation sites (tertiary alicyclic amines) is 1. The standard InChI is InChI=1S/C25H24N4O6/c1-14-10-11-20(24(31)32)29(12-14)23(30)21-22(28-35-27-21)26-25(33)34-13-19-17-8-4-2-6-15(17)16-7-3-5-9-18(16)19/h2-9,14,19-20H,10-13H2,1H3,(H,31,32)(H,26,28,33). The summed E-state index contributed by atoms with van der Waals surface area (Å²) in [5.74, 6) is -1.97. The first kappa shape index (κ1) is 22.6. The van der Waals surface area contributed by atoms with E-state index in [2.05, 4.69) is 20.3 Å². The van der Waals surface area contributed by atoms with Gasteiger partial charge < -0.3 is 14.7 Å².